The van der Waals surface area contributed by atoms with Gasteiger partial charge in [0.15, 0.2) is 0 Å². The first kappa shape index (κ1) is 14.4. The summed E-state index contributed by atoms with van der Waals surface area (Å²) in [6.07, 6.45) is 4.58. The molecule has 3 N–H and O–H groups in total. The molecule has 12 heavy (non-hydrogen) atoms. The molecule has 0 aliphatic rings. The number of hydrogen-bond donors (Lipinski definition) is 3. The average molecular weight is 178 g/mol. The summed E-state index contributed by atoms with van der Waals surface area (Å²) in [6.45, 7) is 3.73. The van der Waals surface area contributed by atoms with Crippen LogP contribution in [0.3, 0.4) is 0 Å². The van der Waals surface area contributed by atoms with Gasteiger partial charge in [0, 0.05) is 0 Å². The van der Waals surface area contributed by atoms with Crippen LogP contribution in [0.1, 0.15) is 39.5 Å². The maximum Gasteiger partial charge on any atom is 0.100 e. The lowest BCUT2D eigenvalue weighted by Gasteiger charge is -1.96. The van der Waals surface area contributed by atoms with E-state index in [-0.39, 0.29) is 13.2 Å². The zero-order chi connectivity index (χ0) is 9.82. The molecular weight excluding hydrogens is 156 g/mol. The van der Waals surface area contributed by atoms with E-state index in [1.807, 2.05) is 0 Å². The molecule has 0 aromatic carbocycles. The summed E-state index contributed by atoms with van der Waals surface area (Å²) in [4.78, 5) is 0. The summed E-state index contributed by atoms with van der Waals surface area (Å²) in [7, 11) is 0. The quantitative estimate of drug-likeness (QED) is 0.549. The lowest BCUT2D eigenvalue weighted by molar-refractivity contribution is 0.0450. The molecule has 0 rings (SSSR count). The van der Waals surface area contributed by atoms with Crippen LogP contribution in [0.5, 0.6) is 0 Å². The Hall–Kier alpha value is -0.120. The third kappa shape index (κ3) is 16.5. The molecule has 0 heterocycles. The molecule has 0 spiro atoms. The Bertz CT molecular complexity index is 58.8. The highest BCUT2D eigenvalue weighted by Crippen LogP contribution is 1.95. The Morgan fingerprint density at radius 2 is 1.25 bits per heavy atom. The first-order chi connectivity index (χ1) is 5.72. The van der Waals surface area contributed by atoms with Crippen LogP contribution in [0.4, 0.5) is 0 Å². The van der Waals surface area contributed by atoms with E-state index in [4.69, 9.17) is 15.3 Å². The molecule has 0 fully saturated rings. The van der Waals surface area contributed by atoms with Gasteiger partial charge in [0.05, 0.1) is 13.2 Å². The van der Waals surface area contributed by atoms with Gasteiger partial charge < -0.3 is 15.3 Å². The number of unbranched alkanes of at least 4 members (excludes halogenated alkanes) is 3. The van der Waals surface area contributed by atoms with E-state index < -0.39 is 6.10 Å². The van der Waals surface area contributed by atoms with Crippen molar-refractivity contribution in [1.29, 1.82) is 0 Å². The molecule has 0 amide bonds. The zero-order valence-electron chi connectivity index (χ0n) is 8.16. The van der Waals surface area contributed by atoms with Gasteiger partial charge in [-0.25, -0.2) is 0 Å². The third-order valence-electron chi connectivity index (χ3n) is 1.38. The van der Waals surface area contributed by atoms with E-state index in [1.165, 1.54) is 25.7 Å². The van der Waals surface area contributed by atoms with E-state index >= 15 is 0 Å². The van der Waals surface area contributed by atoms with E-state index in [1.54, 1.807) is 0 Å². The van der Waals surface area contributed by atoms with Crippen molar-refractivity contribution in [3.63, 3.8) is 0 Å². The zero-order valence-corrected chi connectivity index (χ0v) is 8.16. The maximum atomic E-state index is 8.17. The number of aliphatic hydroxyl groups is 3. The van der Waals surface area contributed by atoms with Gasteiger partial charge >= 0.3 is 0 Å². The molecule has 0 unspecified atom stereocenters. The first-order valence-electron chi connectivity index (χ1n) is 4.62. The lowest BCUT2D eigenvalue weighted by atomic mass is 10.2. The standard InChI is InChI=1S/C6H14.C3H8O3/c1-3-5-6-4-2;4-1-3(6)2-5/h3-6H2,1-2H3;3-6H,1-2H2. The molecule has 0 bridgehead atoms. The minimum atomic E-state index is -0.954. The summed E-state index contributed by atoms with van der Waals surface area (Å²) in [6, 6.07) is 0. The summed E-state index contributed by atoms with van der Waals surface area (Å²) >= 11 is 0. The fraction of sp³-hybridized carbons (Fsp3) is 1.00. The van der Waals surface area contributed by atoms with Gasteiger partial charge in [0.2, 0.25) is 0 Å². The fourth-order valence-corrected chi connectivity index (χ4v) is 0.558. The topological polar surface area (TPSA) is 60.7 Å². The average Bonchev–Trinajstić information content (AvgIpc) is 2.14. The number of hydrogen-bond acceptors (Lipinski definition) is 3. The Labute approximate surface area is 75.0 Å². The lowest BCUT2D eigenvalue weighted by Crippen LogP contribution is -2.15. The molecule has 0 saturated carbocycles. The molecule has 0 radical (unpaired) electrons. The predicted molar refractivity (Wildman–Crippen MR) is 50.0 cm³/mol. The molecule has 0 saturated heterocycles. The van der Waals surface area contributed by atoms with Crippen LogP contribution >= 0.6 is 0 Å². The largest absolute Gasteiger partial charge is 0.394 e. The van der Waals surface area contributed by atoms with Gasteiger partial charge in [-0.1, -0.05) is 39.5 Å². The van der Waals surface area contributed by atoms with Crippen molar-refractivity contribution in [2.45, 2.75) is 45.6 Å². The molecule has 76 valence electrons. The normalized spacial score (nSPS) is 9.50. The number of aliphatic hydroxyl groups excluding tert-OH is 3. The molecular formula is C9H22O3. The van der Waals surface area contributed by atoms with E-state index in [0.29, 0.717) is 0 Å². The summed E-state index contributed by atoms with van der Waals surface area (Å²) in [5.41, 5.74) is 0. The summed E-state index contributed by atoms with van der Waals surface area (Å²) in [5.74, 6) is 0. The number of rotatable bonds is 5. The minimum Gasteiger partial charge on any atom is -0.394 e. The predicted octanol–water partition coefficient (Wildman–Crippen LogP) is 0.918. The van der Waals surface area contributed by atoms with E-state index in [0.717, 1.165) is 0 Å². The van der Waals surface area contributed by atoms with Crippen LogP contribution in [-0.2, 0) is 0 Å². The van der Waals surface area contributed by atoms with E-state index in [9.17, 15) is 0 Å². The second-order valence-electron chi connectivity index (χ2n) is 2.73. The monoisotopic (exact) mass is 178 g/mol. The van der Waals surface area contributed by atoms with Crippen LogP contribution in [0.25, 0.3) is 0 Å². The van der Waals surface area contributed by atoms with Crippen molar-refractivity contribution in [3.05, 3.63) is 0 Å². The highest BCUT2D eigenvalue weighted by Gasteiger charge is 1.93. The molecule has 0 aromatic heterocycles. The Morgan fingerprint density at radius 3 is 1.33 bits per heavy atom. The van der Waals surface area contributed by atoms with Crippen LogP contribution in [0.15, 0.2) is 0 Å². The second-order valence-corrected chi connectivity index (χ2v) is 2.73. The fourth-order valence-electron chi connectivity index (χ4n) is 0.558. The molecule has 3 nitrogen and oxygen atoms in total. The van der Waals surface area contributed by atoms with Crippen molar-refractivity contribution in [3.8, 4) is 0 Å². The summed E-state index contributed by atoms with van der Waals surface area (Å²) in [5, 5.41) is 24.0. The molecule has 0 atom stereocenters. The second kappa shape index (κ2) is 13.5. The van der Waals surface area contributed by atoms with Crippen molar-refractivity contribution < 1.29 is 15.3 Å². The third-order valence-corrected chi connectivity index (χ3v) is 1.38. The Kier molecular flexibility index (Phi) is 16.2. The van der Waals surface area contributed by atoms with Crippen molar-refractivity contribution in [2.24, 2.45) is 0 Å². The molecule has 0 aromatic rings. The first-order valence-corrected chi connectivity index (χ1v) is 4.62. The molecule has 0 aliphatic heterocycles. The van der Waals surface area contributed by atoms with Gasteiger partial charge in [-0.15, -0.1) is 0 Å². The Morgan fingerprint density at radius 1 is 0.917 bits per heavy atom. The van der Waals surface area contributed by atoms with Crippen LogP contribution in [0.2, 0.25) is 0 Å². The highest BCUT2D eigenvalue weighted by molar-refractivity contribution is 4.44. The Balaban J connectivity index is 0. The van der Waals surface area contributed by atoms with Crippen LogP contribution in [-0.4, -0.2) is 34.6 Å². The van der Waals surface area contributed by atoms with Gasteiger partial charge in [-0.05, 0) is 0 Å². The van der Waals surface area contributed by atoms with Crippen LogP contribution in [0, 0.1) is 0 Å². The van der Waals surface area contributed by atoms with E-state index in [2.05, 4.69) is 13.8 Å². The van der Waals surface area contributed by atoms with Gasteiger partial charge in [0.25, 0.3) is 0 Å². The molecule has 0 aliphatic carbocycles. The van der Waals surface area contributed by atoms with Crippen molar-refractivity contribution in [1.82, 2.24) is 0 Å². The molecule has 3 heteroatoms. The SMILES string of the molecule is CCCCCC.OCC(O)CO. The highest BCUT2D eigenvalue weighted by atomic mass is 16.3. The van der Waals surface area contributed by atoms with Crippen molar-refractivity contribution in [2.75, 3.05) is 13.2 Å². The van der Waals surface area contributed by atoms with Gasteiger partial charge in [0.1, 0.15) is 6.10 Å². The summed E-state index contributed by atoms with van der Waals surface area (Å²) < 4.78 is 0. The van der Waals surface area contributed by atoms with Gasteiger partial charge in [-0.3, -0.25) is 0 Å². The van der Waals surface area contributed by atoms with Gasteiger partial charge in [-0.2, -0.15) is 0 Å². The van der Waals surface area contributed by atoms with Crippen LogP contribution < -0.4 is 0 Å². The smallest absolute Gasteiger partial charge is 0.100 e. The minimum absolute atomic E-state index is 0.365. The maximum absolute atomic E-state index is 8.17. The van der Waals surface area contributed by atoms with Crippen molar-refractivity contribution >= 4 is 0 Å².